The quantitative estimate of drug-likeness (QED) is 0.727. The first-order valence-corrected chi connectivity index (χ1v) is 8.27. The third-order valence-electron chi connectivity index (χ3n) is 3.91. The molecule has 3 N–H and O–H groups in total. The molecule has 1 fully saturated rings. The van der Waals surface area contributed by atoms with Crippen LogP contribution in [0.4, 0.5) is 5.69 Å². The van der Waals surface area contributed by atoms with E-state index in [1.165, 1.54) is 0 Å². The topological polar surface area (TPSA) is 61.6 Å². The van der Waals surface area contributed by atoms with Gasteiger partial charge in [-0.3, -0.25) is 9.69 Å². The Bertz CT molecular complexity index is 479. The minimum atomic E-state index is 0. The first kappa shape index (κ1) is 20.0. The van der Waals surface area contributed by atoms with Crippen LogP contribution < -0.4 is 16.0 Å². The van der Waals surface area contributed by atoms with Gasteiger partial charge >= 0.3 is 0 Å². The zero-order valence-corrected chi connectivity index (χ0v) is 14.9. The maximum atomic E-state index is 11.3. The average Bonchev–Trinajstić information content (AvgIpc) is 2.53. The Morgan fingerprint density at radius 3 is 2.57 bits per heavy atom. The van der Waals surface area contributed by atoms with Crippen LogP contribution in [-0.2, 0) is 4.79 Å². The Kier molecular flexibility index (Phi) is 9.33. The molecule has 0 spiro atoms. The summed E-state index contributed by atoms with van der Waals surface area (Å²) in [5.74, 6) is 0.0473. The summed E-state index contributed by atoms with van der Waals surface area (Å²) in [5, 5.41) is 3.71. The molecule has 130 valence electrons. The van der Waals surface area contributed by atoms with Crippen LogP contribution in [0.25, 0.3) is 0 Å². The van der Waals surface area contributed by atoms with Crippen molar-refractivity contribution < 1.29 is 4.79 Å². The van der Waals surface area contributed by atoms with Gasteiger partial charge < -0.3 is 16.0 Å². The molecular formula is C16H26Cl2N4O. The molecule has 1 saturated heterocycles. The van der Waals surface area contributed by atoms with Crippen LogP contribution in [0.15, 0.2) is 24.3 Å². The molecule has 1 amide bonds. The lowest BCUT2D eigenvalue weighted by Gasteiger charge is -2.36. The minimum Gasteiger partial charge on any atom is -0.368 e. The lowest BCUT2D eigenvalue weighted by atomic mass is 10.2. The SMILES string of the molecule is Cl.NCCC(=O)NCCCN1CCN(c2ccccc2Cl)CC1. The molecule has 2 rings (SSSR count). The zero-order valence-electron chi connectivity index (χ0n) is 13.3. The van der Waals surface area contributed by atoms with Gasteiger partial charge in [0.25, 0.3) is 0 Å². The monoisotopic (exact) mass is 360 g/mol. The highest BCUT2D eigenvalue weighted by atomic mass is 35.5. The molecule has 1 aliphatic heterocycles. The molecule has 1 aromatic rings. The maximum absolute atomic E-state index is 11.3. The highest BCUT2D eigenvalue weighted by molar-refractivity contribution is 6.33. The molecule has 0 aromatic heterocycles. The molecule has 1 heterocycles. The molecule has 0 saturated carbocycles. The van der Waals surface area contributed by atoms with E-state index >= 15 is 0 Å². The lowest BCUT2D eigenvalue weighted by molar-refractivity contribution is -0.120. The van der Waals surface area contributed by atoms with Gasteiger partial charge in [0.2, 0.25) is 5.91 Å². The van der Waals surface area contributed by atoms with Crippen molar-refractivity contribution in [2.24, 2.45) is 5.73 Å². The van der Waals surface area contributed by atoms with Crippen LogP contribution >= 0.6 is 24.0 Å². The summed E-state index contributed by atoms with van der Waals surface area (Å²) in [4.78, 5) is 16.1. The van der Waals surface area contributed by atoms with Crippen LogP contribution in [0.1, 0.15) is 12.8 Å². The molecule has 0 atom stereocenters. The molecule has 23 heavy (non-hydrogen) atoms. The highest BCUT2D eigenvalue weighted by Gasteiger charge is 2.18. The largest absolute Gasteiger partial charge is 0.368 e. The fraction of sp³-hybridized carbons (Fsp3) is 0.562. The zero-order chi connectivity index (χ0) is 15.8. The van der Waals surface area contributed by atoms with Gasteiger partial charge in [-0.2, -0.15) is 0 Å². The van der Waals surface area contributed by atoms with Gasteiger partial charge in [-0.05, 0) is 25.1 Å². The second kappa shape index (κ2) is 10.7. The van der Waals surface area contributed by atoms with Gasteiger partial charge in [0.15, 0.2) is 0 Å². The molecular weight excluding hydrogens is 335 g/mol. The number of para-hydroxylation sites is 1. The summed E-state index contributed by atoms with van der Waals surface area (Å²) in [6.45, 7) is 6.19. The second-order valence-corrected chi connectivity index (χ2v) is 5.93. The van der Waals surface area contributed by atoms with E-state index in [9.17, 15) is 4.79 Å². The first-order chi connectivity index (χ1) is 10.7. The number of hydrogen-bond donors (Lipinski definition) is 2. The fourth-order valence-electron chi connectivity index (χ4n) is 2.67. The average molecular weight is 361 g/mol. The van der Waals surface area contributed by atoms with Gasteiger partial charge in [-0.15, -0.1) is 12.4 Å². The van der Waals surface area contributed by atoms with E-state index in [1.807, 2.05) is 18.2 Å². The van der Waals surface area contributed by atoms with Crippen molar-refractivity contribution in [3.05, 3.63) is 29.3 Å². The van der Waals surface area contributed by atoms with Crippen molar-refractivity contribution in [3.63, 3.8) is 0 Å². The van der Waals surface area contributed by atoms with Crippen LogP contribution in [0, 0.1) is 0 Å². The summed E-state index contributed by atoms with van der Waals surface area (Å²) in [6, 6.07) is 8.00. The van der Waals surface area contributed by atoms with E-state index in [2.05, 4.69) is 21.2 Å². The Balaban J connectivity index is 0.00000264. The molecule has 1 aromatic carbocycles. The number of rotatable bonds is 7. The number of hydrogen-bond acceptors (Lipinski definition) is 4. The van der Waals surface area contributed by atoms with E-state index in [4.69, 9.17) is 17.3 Å². The van der Waals surface area contributed by atoms with Crippen molar-refractivity contribution in [2.75, 3.05) is 50.7 Å². The van der Waals surface area contributed by atoms with E-state index in [1.54, 1.807) is 0 Å². The number of benzene rings is 1. The predicted octanol–water partition coefficient (Wildman–Crippen LogP) is 1.74. The van der Waals surface area contributed by atoms with Crippen LogP contribution in [0.5, 0.6) is 0 Å². The van der Waals surface area contributed by atoms with Crippen molar-refractivity contribution in [1.29, 1.82) is 0 Å². The van der Waals surface area contributed by atoms with Crippen molar-refractivity contribution in [3.8, 4) is 0 Å². The normalized spacial score (nSPS) is 15.1. The maximum Gasteiger partial charge on any atom is 0.221 e. The molecule has 7 heteroatoms. The second-order valence-electron chi connectivity index (χ2n) is 5.52. The van der Waals surface area contributed by atoms with Gasteiger partial charge in [-0.1, -0.05) is 23.7 Å². The van der Waals surface area contributed by atoms with E-state index in [0.717, 1.165) is 56.4 Å². The van der Waals surface area contributed by atoms with E-state index in [-0.39, 0.29) is 18.3 Å². The number of anilines is 1. The van der Waals surface area contributed by atoms with Gasteiger partial charge in [0.1, 0.15) is 0 Å². The van der Waals surface area contributed by atoms with Crippen molar-refractivity contribution in [2.45, 2.75) is 12.8 Å². The summed E-state index contributed by atoms with van der Waals surface area (Å²) < 4.78 is 0. The Hall–Kier alpha value is -1.01. The standard InChI is InChI=1S/C16H25ClN4O.ClH/c17-14-4-1-2-5-15(14)21-12-10-20(11-13-21)9-3-8-19-16(22)6-7-18;/h1-2,4-5H,3,6-13,18H2,(H,19,22);1H. The number of nitrogens with zero attached hydrogens (tertiary/aromatic N) is 2. The van der Waals surface area contributed by atoms with E-state index < -0.39 is 0 Å². The summed E-state index contributed by atoms with van der Waals surface area (Å²) >= 11 is 6.25. The third-order valence-corrected chi connectivity index (χ3v) is 4.23. The molecule has 0 bridgehead atoms. The van der Waals surface area contributed by atoms with Crippen LogP contribution in [0.3, 0.4) is 0 Å². The number of nitrogens with one attached hydrogen (secondary N) is 1. The molecule has 5 nitrogen and oxygen atoms in total. The summed E-state index contributed by atoms with van der Waals surface area (Å²) in [5.41, 5.74) is 6.46. The van der Waals surface area contributed by atoms with Crippen LogP contribution in [0.2, 0.25) is 5.02 Å². The summed E-state index contributed by atoms with van der Waals surface area (Å²) in [6.07, 6.45) is 1.39. The Labute approximate surface area is 149 Å². The highest BCUT2D eigenvalue weighted by Crippen LogP contribution is 2.25. The Morgan fingerprint density at radius 2 is 1.91 bits per heavy atom. The summed E-state index contributed by atoms with van der Waals surface area (Å²) in [7, 11) is 0. The lowest BCUT2D eigenvalue weighted by Crippen LogP contribution is -2.47. The molecule has 1 aliphatic rings. The minimum absolute atomic E-state index is 0. The molecule has 0 aliphatic carbocycles. The number of carbonyl (C=O) groups excluding carboxylic acids is 1. The fourth-order valence-corrected chi connectivity index (χ4v) is 2.93. The third kappa shape index (κ3) is 6.55. The number of halogens is 2. The number of nitrogens with two attached hydrogens (primary N) is 1. The number of amides is 1. The van der Waals surface area contributed by atoms with E-state index in [0.29, 0.717) is 13.0 Å². The van der Waals surface area contributed by atoms with Gasteiger partial charge in [-0.25, -0.2) is 0 Å². The molecule has 0 unspecified atom stereocenters. The van der Waals surface area contributed by atoms with Gasteiger partial charge in [0, 0.05) is 45.7 Å². The molecule has 0 radical (unpaired) electrons. The van der Waals surface area contributed by atoms with Crippen molar-refractivity contribution >= 4 is 35.6 Å². The van der Waals surface area contributed by atoms with Crippen molar-refractivity contribution in [1.82, 2.24) is 10.2 Å². The number of piperazine rings is 1. The van der Waals surface area contributed by atoms with Crippen LogP contribution in [-0.4, -0.2) is 56.6 Å². The Morgan fingerprint density at radius 1 is 1.22 bits per heavy atom. The first-order valence-electron chi connectivity index (χ1n) is 7.89. The smallest absolute Gasteiger partial charge is 0.221 e. The number of carbonyl (C=O) groups is 1. The predicted molar refractivity (Wildman–Crippen MR) is 98.7 cm³/mol. The van der Waals surface area contributed by atoms with Gasteiger partial charge in [0.05, 0.1) is 10.7 Å².